The number of carboxylic acids is 1. The zero-order valence-corrected chi connectivity index (χ0v) is 32.0. The first-order valence-corrected chi connectivity index (χ1v) is 20.7. The number of carbonyl (C=O) groups excluding carboxylic acids is 2. The Morgan fingerprint density at radius 2 is 1.06 bits per heavy atom. The number of unbranched alkanes of at least 4 members (excludes halogenated alkanes) is 19. The molecule has 0 fully saturated rings. The molecule has 0 heterocycles. The summed E-state index contributed by atoms with van der Waals surface area (Å²) in [6.07, 6.45) is 40.8. The summed E-state index contributed by atoms with van der Waals surface area (Å²) in [4.78, 5) is 36.2. The fourth-order valence-corrected chi connectivity index (χ4v) is 6.13. The Morgan fingerprint density at radius 3 is 1.59 bits per heavy atom. The summed E-state index contributed by atoms with van der Waals surface area (Å²) in [7, 11) is 0. The van der Waals surface area contributed by atoms with Crippen molar-refractivity contribution in [2.24, 2.45) is 5.73 Å². The van der Waals surface area contributed by atoms with Crippen LogP contribution in [0.25, 0.3) is 0 Å². The van der Waals surface area contributed by atoms with Gasteiger partial charge in [0.25, 0.3) is 0 Å². The molecular formula is C42H78N2O5. The van der Waals surface area contributed by atoms with Crippen molar-refractivity contribution in [2.45, 2.75) is 219 Å². The van der Waals surface area contributed by atoms with Crippen LogP contribution in [-0.2, 0) is 19.1 Å². The number of carboxylic acid groups (broad SMARTS) is 1. The summed E-state index contributed by atoms with van der Waals surface area (Å²) in [6, 6.07) is -0.862. The standard InChI is InChI=1S/C42H78N2O5/c1-3-5-7-9-11-12-13-14-15-16-17-18-19-20-21-22-24-30-36-41(46)49-38(32-27-23-10-8-6-4-2)33-28-25-26-29-35-40(45)44-39(42(47)48)34-31-37-43/h12-13,15-16,38-39H,3-11,14,17-37,43H2,1-2H3,(H,44,45)(H,47,48)/b13-12-,16-15-. The van der Waals surface area contributed by atoms with Gasteiger partial charge in [-0.1, -0.05) is 134 Å². The van der Waals surface area contributed by atoms with E-state index in [9.17, 15) is 19.5 Å². The largest absolute Gasteiger partial charge is 0.480 e. The van der Waals surface area contributed by atoms with Gasteiger partial charge in [-0.2, -0.15) is 0 Å². The third-order valence-electron chi connectivity index (χ3n) is 9.27. The highest BCUT2D eigenvalue weighted by atomic mass is 16.5. The Kier molecular flexibility index (Phi) is 35.5. The molecule has 0 rings (SSSR count). The molecule has 49 heavy (non-hydrogen) atoms. The lowest BCUT2D eigenvalue weighted by atomic mass is 10.0. The molecule has 0 aromatic carbocycles. The highest BCUT2D eigenvalue weighted by Crippen LogP contribution is 2.18. The zero-order chi connectivity index (χ0) is 36.0. The minimum absolute atomic E-state index is 0.0125. The van der Waals surface area contributed by atoms with E-state index >= 15 is 0 Å². The minimum atomic E-state index is -1.01. The Hall–Kier alpha value is -2.15. The fourth-order valence-electron chi connectivity index (χ4n) is 6.13. The number of rotatable bonds is 37. The summed E-state index contributed by atoms with van der Waals surface area (Å²) in [6.45, 7) is 4.90. The molecular weight excluding hydrogens is 612 g/mol. The minimum Gasteiger partial charge on any atom is -0.480 e. The van der Waals surface area contributed by atoms with Gasteiger partial charge in [0, 0.05) is 12.8 Å². The Balaban J connectivity index is 4.12. The molecule has 2 unspecified atom stereocenters. The predicted octanol–water partition coefficient (Wildman–Crippen LogP) is 11.3. The van der Waals surface area contributed by atoms with Crippen molar-refractivity contribution >= 4 is 17.8 Å². The SMILES string of the molecule is CCCCCC/C=C\C/C=C\CCCCCCCCCC(=O)OC(CCCCCCCC)CCCCCCC(=O)NC(CCCN)C(=O)O. The average Bonchev–Trinajstić information content (AvgIpc) is 3.08. The molecule has 0 spiro atoms. The first-order chi connectivity index (χ1) is 23.9. The number of hydrogen-bond acceptors (Lipinski definition) is 5. The van der Waals surface area contributed by atoms with Crippen molar-refractivity contribution in [1.29, 1.82) is 0 Å². The monoisotopic (exact) mass is 691 g/mol. The van der Waals surface area contributed by atoms with E-state index in [1.807, 2.05) is 0 Å². The molecule has 0 saturated carbocycles. The van der Waals surface area contributed by atoms with E-state index in [4.69, 9.17) is 10.5 Å². The van der Waals surface area contributed by atoms with Crippen LogP contribution < -0.4 is 11.1 Å². The number of allylic oxidation sites excluding steroid dienone is 4. The number of nitrogens with two attached hydrogens (primary N) is 1. The predicted molar refractivity (Wildman–Crippen MR) is 207 cm³/mol. The average molecular weight is 691 g/mol. The molecule has 0 radical (unpaired) electrons. The number of hydrogen-bond donors (Lipinski definition) is 3. The molecule has 286 valence electrons. The summed E-state index contributed by atoms with van der Waals surface area (Å²) in [5.74, 6) is -1.27. The highest BCUT2D eigenvalue weighted by molar-refractivity contribution is 5.83. The molecule has 0 aliphatic heterocycles. The van der Waals surface area contributed by atoms with Gasteiger partial charge in [0.2, 0.25) is 5.91 Å². The van der Waals surface area contributed by atoms with E-state index in [1.165, 1.54) is 103 Å². The van der Waals surface area contributed by atoms with Crippen LogP contribution in [0, 0.1) is 0 Å². The van der Waals surface area contributed by atoms with Crippen molar-refractivity contribution < 1.29 is 24.2 Å². The topological polar surface area (TPSA) is 119 Å². The van der Waals surface area contributed by atoms with Crippen molar-refractivity contribution in [3.05, 3.63) is 24.3 Å². The molecule has 2 atom stereocenters. The zero-order valence-electron chi connectivity index (χ0n) is 32.0. The van der Waals surface area contributed by atoms with Gasteiger partial charge in [0.15, 0.2) is 0 Å². The van der Waals surface area contributed by atoms with Gasteiger partial charge in [-0.15, -0.1) is 0 Å². The third-order valence-corrected chi connectivity index (χ3v) is 9.27. The van der Waals surface area contributed by atoms with Crippen LogP contribution in [0.5, 0.6) is 0 Å². The smallest absolute Gasteiger partial charge is 0.326 e. The van der Waals surface area contributed by atoms with E-state index in [1.54, 1.807) is 0 Å². The number of amides is 1. The van der Waals surface area contributed by atoms with Crippen LogP contribution in [0.15, 0.2) is 24.3 Å². The molecule has 1 amide bonds. The fraction of sp³-hybridized carbons (Fsp3) is 0.833. The maximum absolute atomic E-state index is 12.7. The molecule has 0 saturated heterocycles. The van der Waals surface area contributed by atoms with E-state index in [-0.39, 0.29) is 18.0 Å². The van der Waals surface area contributed by atoms with E-state index in [0.717, 1.165) is 64.2 Å². The summed E-state index contributed by atoms with van der Waals surface area (Å²) >= 11 is 0. The lowest BCUT2D eigenvalue weighted by molar-refractivity contribution is -0.150. The first-order valence-electron chi connectivity index (χ1n) is 20.7. The Morgan fingerprint density at radius 1 is 0.592 bits per heavy atom. The number of aliphatic carboxylic acids is 1. The first kappa shape index (κ1) is 46.9. The molecule has 4 N–H and O–H groups in total. The van der Waals surface area contributed by atoms with Crippen molar-refractivity contribution in [3.8, 4) is 0 Å². The van der Waals surface area contributed by atoms with Crippen LogP contribution in [0.4, 0.5) is 0 Å². The van der Waals surface area contributed by atoms with E-state index in [0.29, 0.717) is 32.2 Å². The van der Waals surface area contributed by atoms with Crippen LogP contribution in [0.3, 0.4) is 0 Å². The maximum atomic E-state index is 12.7. The summed E-state index contributed by atoms with van der Waals surface area (Å²) in [5.41, 5.74) is 5.47. The lowest BCUT2D eigenvalue weighted by Gasteiger charge is -2.18. The van der Waals surface area contributed by atoms with Gasteiger partial charge in [-0.3, -0.25) is 9.59 Å². The molecule has 0 aromatic rings. The third kappa shape index (κ3) is 34.1. The van der Waals surface area contributed by atoms with Crippen LogP contribution in [0.1, 0.15) is 206 Å². The molecule has 0 aliphatic rings. The second-order valence-corrected chi connectivity index (χ2v) is 14.1. The quantitative estimate of drug-likeness (QED) is 0.0339. The molecule has 7 nitrogen and oxygen atoms in total. The summed E-state index contributed by atoms with van der Waals surface area (Å²) in [5, 5.41) is 11.9. The van der Waals surface area contributed by atoms with Gasteiger partial charge in [0.1, 0.15) is 12.1 Å². The van der Waals surface area contributed by atoms with Gasteiger partial charge in [0.05, 0.1) is 0 Å². The number of nitrogens with one attached hydrogen (secondary N) is 1. The highest BCUT2D eigenvalue weighted by Gasteiger charge is 2.19. The van der Waals surface area contributed by atoms with Crippen LogP contribution in [-0.4, -0.2) is 41.6 Å². The van der Waals surface area contributed by atoms with Crippen LogP contribution >= 0.6 is 0 Å². The van der Waals surface area contributed by atoms with Gasteiger partial charge >= 0.3 is 11.9 Å². The van der Waals surface area contributed by atoms with E-state index in [2.05, 4.69) is 43.5 Å². The van der Waals surface area contributed by atoms with Crippen molar-refractivity contribution in [1.82, 2.24) is 5.32 Å². The molecule has 7 heteroatoms. The molecule has 0 bridgehead atoms. The van der Waals surface area contributed by atoms with Gasteiger partial charge in [-0.25, -0.2) is 4.79 Å². The number of carbonyl (C=O) groups is 3. The molecule has 0 aromatic heterocycles. The van der Waals surface area contributed by atoms with Gasteiger partial charge < -0.3 is 20.9 Å². The van der Waals surface area contributed by atoms with Crippen molar-refractivity contribution in [3.63, 3.8) is 0 Å². The van der Waals surface area contributed by atoms with E-state index < -0.39 is 12.0 Å². The number of esters is 1. The van der Waals surface area contributed by atoms with Crippen LogP contribution in [0.2, 0.25) is 0 Å². The normalized spacial score (nSPS) is 12.9. The summed E-state index contributed by atoms with van der Waals surface area (Å²) < 4.78 is 5.98. The lowest BCUT2D eigenvalue weighted by Crippen LogP contribution is -2.40. The number of ether oxygens (including phenoxy) is 1. The van der Waals surface area contributed by atoms with Gasteiger partial charge in [-0.05, 0) is 90.0 Å². The second kappa shape index (κ2) is 37.1. The van der Waals surface area contributed by atoms with Crippen molar-refractivity contribution in [2.75, 3.05) is 6.54 Å². The Labute approximate surface area is 302 Å². The maximum Gasteiger partial charge on any atom is 0.326 e. The Bertz CT molecular complexity index is 828. The second-order valence-electron chi connectivity index (χ2n) is 14.1. The molecule has 0 aliphatic carbocycles.